The fourth-order valence-electron chi connectivity index (χ4n) is 0. The molecule has 42 valence electrons. The van der Waals surface area contributed by atoms with E-state index in [1.165, 1.54) is 0 Å². The van der Waals surface area contributed by atoms with Crippen LogP contribution in [0.4, 0.5) is 0 Å². The maximum atomic E-state index is 8.77. The molecule has 0 amide bonds. The van der Waals surface area contributed by atoms with Crippen LogP contribution >= 0.6 is 7.82 Å². The first-order valence-corrected chi connectivity index (χ1v) is 2.30. The zero-order valence-electron chi connectivity index (χ0n) is 2.46. The van der Waals surface area contributed by atoms with E-state index >= 15 is 0 Å². The molecule has 0 aromatic carbocycles. The van der Waals surface area contributed by atoms with E-state index in [2.05, 4.69) is 0 Å². The van der Waals surface area contributed by atoms with E-state index in [1.807, 2.05) is 0 Å². The van der Waals surface area contributed by atoms with Gasteiger partial charge in [-0.05, 0) is 0 Å². The maximum absolute atomic E-state index is 8.77. The molecule has 6 heteroatoms. The third-order valence-corrected chi connectivity index (χ3v) is 0. The van der Waals surface area contributed by atoms with E-state index in [4.69, 9.17) is 19.2 Å². The number of rotatable bonds is 0. The van der Waals surface area contributed by atoms with Crippen LogP contribution in [0.2, 0.25) is 0 Å². The predicted molar refractivity (Wildman–Crippen MR) is 12.0 cm³/mol. The van der Waals surface area contributed by atoms with Crippen molar-refractivity contribution in [3.05, 3.63) is 0 Å². The van der Waals surface area contributed by atoms with E-state index in [0.29, 0.717) is 0 Å². The van der Waals surface area contributed by atoms with Gasteiger partial charge in [0.25, 0.3) is 7.82 Å². The summed E-state index contributed by atoms with van der Waals surface area (Å²) in [5, 5.41) is 0. The molecule has 0 aliphatic rings. The van der Waals surface area contributed by atoms with Crippen LogP contribution in [0.1, 0.15) is 0 Å². The summed E-state index contributed by atoms with van der Waals surface area (Å²) in [7, 11) is -4.89. The molecular weight excluding hydrogens is 203 g/mol. The standard InChI is InChI=1S/Ag.H3O4P/c;1-5(2,3)4/h;(H3,1,2,3,4)/q+1;/p-1. The Labute approximate surface area is 49.9 Å². The Balaban J connectivity index is 0. The van der Waals surface area contributed by atoms with E-state index in [9.17, 15) is 0 Å². The first-order chi connectivity index (χ1) is 2.00. The van der Waals surface area contributed by atoms with Crippen molar-refractivity contribution in [2.75, 3.05) is 0 Å². The molecule has 2 N–H and O–H groups in total. The van der Waals surface area contributed by atoms with Crippen LogP contribution in [0.3, 0.4) is 0 Å². The van der Waals surface area contributed by atoms with Crippen molar-refractivity contribution in [2.24, 2.45) is 0 Å². The smallest absolute Gasteiger partial charge is 0.756 e. The fourth-order valence-corrected chi connectivity index (χ4v) is 0. The largest absolute Gasteiger partial charge is 1.00 e. The minimum Gasteiger partial charge on any atom is -0.756 e. The topological polar surface area (TPSA) is 80.6 Å². The van der Waals surface area contributed by atoms with Gasteiger partial charge in [-0.1, -0.05) is 0 Å². The summed E-state index contributed by atoms with van der Waals surface area (Å²) in [5.74, 6) is 0. The van der Waals surface area contributed by atoms with Gasteiger partial charge < -0.3 is 14.7 Å². The third kappa shape index (κ3) is 99.5. The molecule has 0 aromatic rings. The zero-order chi connectivity index (χ0) is 4.50. The van der Waals surface area contributed by atoms with Crippen molar-refractivity contribution in [1.29, 1.82) is 0 Å². The van der Waals surface area contributed by atoms with Crippen LogP contribution in [0.5, 0.6) is 0 Å². The summed E-state index contributed by atoms with van der Waals surface area (Å²) in [6, 6.07) is 0. The van der Waals surface area contributed by atoms with Crippen molar-refractivity contribution in [2.45, 2.75) is 0 Å². The molecule has 4 nitrogen and oxygen atoms in total. The number of hydrogen-bond donors (Lipinski definition) is 2. The summed E-state index contributed by atoms with van der Waals surface area (Å²) >= 11 is 0. The Morgan fingerprint density at radius 2 is 1.50 bits per heavy atom. The minimum absolute atomic E-state index is 0. The van der Waals surface area contributed by atoms with Crippen LogP contribution in [0, 0.1) is 0 Å². The van der Waals surface area contributed by atoms with Gasteiger partial charge in [0.15, 0.2) is 0 Å². The predicted octanol–water partition coefficient (Wildman–Crippen LogP) is -1.56. The second-order valence-corrected chi connectivity index (χ2v) is 1.47. The number of phosphoric acid groups is 1. The molecular formula is H2AgO4P. The van der Waals surface area contributed by atoms with Crippen molar-refractivity contribution < 1.29 is 41.6 Å². The minimum atomic E-state index is -4.89. The molecule has 0 heterocycles. The van der Waals surface area contributed by atoms with Gasteiger partial charge in [0.1, 0.15) is 0 Å². The van der Waals surface area contributed by atoms with Gasteiger partial charge in [0.2, 0.25) is 0 Å². The Morgan fingerprint density at radius 1 is 1.50 bits per heavy atom. The Kier molecular flexibility index (Phi) is 4.87. The summed E-state index contributed by atoms with van der Waals surface area (Å²) in [6.45, 7) is 0. The van der Waals surface area contributed by atoms with Gasteiger partial charge in [-0.3, -0.25) is 4.57 Å². The van der Waals surface area contributed by atoms with Crippen LogP contribution in [-0.2, 0) is 26.9 Å². The van der Waals surface area contributed by atoms with Gasteiger partial charge in [-0.2, -0.15) is 0 Å². The van der Waals surface area contributed by atoms with Gasteiger partial charge in [0.05, 0.1) is 0 Å². The molecule has 0 spiro atoms. The molecule has 0 saturated heterocycles. The van der Waals surface area contributed by atoms with Gasteiger partial charge in [-0.15, -0.1) is 0 Å². The first kappa shape index (κ1) is 9.97. The van der Waals surface area contributed by atoms with Gasteiger partial charge in [-0.25, -0.2) is 0 Å². The van der Waals surface area contributed by atoms with Crippen LogP contribution < -0.4 is 4.89 Å². The van der Waals surface area contributed by atoms with Crippen molar-refractivity contribution in [3.63, 3.8) is 0 Å². The van der Waals surface area contributed by atoms with Gasteiger partial charge >= 0.3 is 22.4 Å². The second kappa shape index (κ2) is 2.93. The third-order valence-electron chi connectivity index (χ3n) is 0. The molecule has 0 unspecified atom stereocenters. The monoisotopic (exact) mass is 204 g/mol. The molecule has 0 bridgehead atoms. The molecule has 0 rings (SSSR count). The Morgan fingerprint density at radius 3 is 1.50 bits per heavy atom. The van der Waals surface area contributed by atoms with Crippen LogP contribution in [0.25, 0.3) is 0 Å². The summed E-state index contributed by atoms with van der Waals surface area (Å²) in [6.07, 6.45) is 0. The summed E-state index contributed by atoms with van der Waals surface area (Å²) in [4.78, 5) is 22.9. The average molecular weight is 205 g/mol. The van der Waals surface area contributed by atoms with Crippen molar-refractivity contribution in [3.8, 4) is 0 Å². The van der Waals surface area contributed by atoms with Crippen molar-refractivity contribution >= 4 is 7.82 Å². The van der Waals surface area contributed by atoms with E-state index in [1.54, 1.807) is 0 Å². The molecule has 0 aliphatic carbocycles. The quantitative estimate of drug-likeness (QED) is 0.370. The van der Waals surface area contributed by atoms with E-state index in [0.717, 1.165) is 0 Å². The van der Waals surface area contributed by atoms with Crippen LogP contribution in [0.15, 0.2) is 0 Å². The van der Waals surface area contributed by atoms with E-state index < -0.39 is 7.82 Å². The first-order valence-electron chi connectivity index (χ1n) is 0.765. The molecule has 0 saturated carbocycles. The molecule has 0 atom stereocenters. The molecule has 0 radical (unpaired) electrons. The van der Waals surface area contributed by atoms with Gasteiger partial charge in [0, 0.05) is 0 Å². The maximum Gasteiger partial charge on any atom is 1.00 e. The summed E-state index contributed by atoms with van der Waals surface area (Å²) < 4.78 is 8.77. The molecule has 6 heavy (non-hydrogen) atoms. The second-order valence-electron chi connectivity index (χ2n) is 0.491. The number of hydrogen-bond acceptors (Lipinski definition) is 2. The Hall–Kier alpha value is 0.850. The average Bonchev–Trinajstić information content (AvgIpc) is 0.722. The van der Waals surface area contributed by atoms with Crippen LogP contribution in [-0.4, -0.2) is 9.79 Å². The summed E-state index contributed by atoms with van der Waals surface area (Å²) in [5.41, 5.74) is 0. The SMILES string of the molecule is O=P([O-])(O)O.[Ag+]. The molecule has 0 aliphatic heterocycles. The zero-order valence-corrected chi connectivity index (χ0v) is 4.84. The van der Waals surface area contributed by atoms with Crippen molar-refractivity contribution in [1.82, 2.24) is 0 Å². The molecule has 0 fully saturated rings. The molecule has 0 aromatic heterocycles. The fraction of sp³-hybridized carbons (Fsp3) is 0. The Bertz CT molecular complexity index is 53.7. The van der Waals surface area contributed by atoms with E-state index in [-0.39, 0.29) is 22.4 Å². The normalized spacial score (nSPS) is 9.83.